The molecule has 0 aliphatic carbocycles. The lowest BCUT2D eigenvalue weighted by atomic mass is 10.2. The Morgan fingerprint density at radius 3 is 2.52 bits per heavy atom. The number of nitrogens with zero attached hydrogens (tertiary/aromatic N) is 3. The highest BCUT2D eigenvalue weighted by Crippen LogP contribution is 2.26. The average Bonchev–Trinajstić information content (AvgIpc) is 3.18. The summed E-state index contributed by atoms with van der Waals surface area (Å²) in [5, 5.41) is 18.5. The van der Waals surface area contributed by atoms with Crippen molar-refractivity contribution in [3.05, 3.63) is 70.1 Å². The fourth-order valence-electron chi connectivity index (χ4n) is 2.33. The van der Waals surface area contributed by atoms with Crippen molar-refractivity contribution in [3.63, 3.8) is 0 Å². The van der Waals surface area contributed by atoms with E-state index in [1.807, 2.05) is 0 Å². The van der Waals surface area contributed by atoms with Gasteiger partial charge in [0.1, 0.15) is 11.3 Å². The van der Waals surface area contributed by atoms with Crippen LogP contribution in [0.3, 0.4) is 0 Å². The van der Waals surface area contributed by atoms with Crippen molar-refractivity contribution in [2.45, 2.75) is 13.0 Å². The lowest BCUT2D eigenvalue weighted by Gasteiger charge is -2.11. The number of methoxy groups -OCH3 is 1. The average molecular weight is 369 g/mol. The van der Waals surface area contributed by atoms with E-state index in [0.29, 0.717) is 11.3 Å². The van der Waals surface area contributed by atoms with E-state index >= 15 is 0 Å². The molecule has 0 radical (unpaired) electrons. The van der Waals surface area contributed by atoms with E-state index < -0.39 is 17.0 Å². The van der Waals surface area contributed by atoms with Crippen LogP contribution in [0, 0.1) is 10.1 Å². The molecule has 0 saturated carbocycles. The number of non-ortho nitro benzene ring substituents is 1. The summed E-state index contributed by atoms with van der Waals surface area (Å²) in [5.41, 5.74) is 0.752. The second kappa shape index (κ2) is 7.65. The van der Waals surface area contributed by atoms with Crippen molar-refractivity contribution in [1.82, 2.24) is 10.2 Å². The highest BCUT2D eigenvalue weighted by atomic mass is 16.6. The Morgan fingerprint density at radius 2 is 1.85 bits per heavy atom. The molecule has 3 aromatic rings. The molecule has 0 aliphatic heterocycles. The van der Waals surface area contributed by atoms with Crippen LogP contribution in [0.2, 0.25) is 0 Å². The highest BCUT2D eigenvalue weighted by molar-refractivity contribution is 5.92. The number of benzene rings is 2. The Hall–Kier alpha value is -3.75. The first-order valence-corrected chi connectivity index (χ1v) is 7.92. The van der Waals surface area contributed by atoms with Crippen LogP contribution in [0.15, 0.2) is 52.9 Å². The molecular formula is C18H15N3O6. The monoisotopic (exact) mass is 369 g/mol. The number of carbonyl (C=O) groups excluding carboxylic acids is 1. The SMILES string of the molecule is COc1ccccc1C(=O)O[C@H](C)c1nnc(-c2ccc([N+](=O)[O-])cc2)o1. The molecule has 27 heavy (non-hydrogen) atoms. The third kappa shape index (κ3) is 3.92. The summed E-state index contributed by atoms with van der Waals surface area (Å²) < 4.78 is 16.0. The van der Waals surface area contributed by atoms with Crippen LogP contribution in [0.5, 0.6) is 5.75 Å². The van der Waals surface area contributed by atoms with Crippen LogP contribution in [0.1, 0.15) is 29.3 Å². The first-order chi connectivity index (χ1) is 13.0. The molecule has 9 heteroatoms. The Kier molecular flexibility index (Phi) is 5.11. The summed E-state index contributed by atoms with van der Waals surface area (Å²) in [7, 11) is 1.46. The number of nitro benzene ring substituents is 1. The van der Waals surface area contributed by atoms with E-state index in [0.717, 1.165) is 0 Å². The van der Waals surface area contributed by atoms with Gasteiger partial charge < -0.3 is 13.9 Å². The Balaban J connectivity index is 1.74. The standard InChI is InChI=1S/C18H15N3O6/c1-11(26-18(22)14-5-3-4-6-15(14)25-2)16-19-20-17(27-16)12-7-9-13(10-8-12)21(23)24/h3-11H,1-2H3/t11-/m1/s1. The lowest BCUT2D eigenvalue weighted by molar-refractivity contribution is -0.384. The zero-order valence-corrected chi connectivity index (χ0v) is 14.5. The Morgan fingerprint density at radius 1 is 1.15 bits per heavy atom. The molecule has 9 nitrogen and oxygen atoms in total. The lowest BCUT2D eigenvalue weighted by Crippen LogP contribution is -2.10. The smallest absolute Gasteiger partial charge is 0.342 e. The summed E-state index contributed by atoms with van der Waals surface area (Å²) in [6.45, 7) is 1.60. The minimum atomic E-state index is -0.790. The van der Waals surface area contributed by atoms with Crippen molar-refractivity contribution >= 4 is 11.7 Å². The van der Waals surface area contributed by atoms with Gasteiger partial charge in [-0.3, -0.25) is 10.1 Å². The number of hydrogen-bond donors (Lipinski definition) is 0. The molecule has 1 atom stereocenters. The molecule has 0 aliphatic rings. The molecule has 0 unspecified atom stereocenters. The van der Waals surface area contributed by atoms with Crippen LogP contribution in [-0.4, -0.2) is 28.2 Å². The number of para-hydroxylation sites is 1. The fourth-order valence-corrected chi connectivity index (χ4v) is 2.33. The van der Waals surface area contributed by atoms with Gasteiger partial charge in [0, 0.05) is 17.7 Å². The van der Waals surface area contributed by atoms with E-state index in [-0.39, 0.29) is 23.0 Å². The number of aromatic nitrogens is 2. The van der Waals surface area contributed by atoms with E-state index in [1.165, 1.54) is 31.4 Å². The molecular weight excluding hydrogens is 354 g/mol. The van der Waals surface area contributed by atoms with Gasteiger partial charge in [-0.1, -0.05) is 12.1 Å². The van der Waals surface area contributed by atoms with Gasteiger partial charge in [0.05, 0.1) is 12.0 Å². The molecule has 0 fully saturated rings. The normalized spacial score (nSPS) is 11.6. The molecule has 0 spiro atoms. The number of ether oxygens (including phenoxy) is 2. The molecule has 0 saturated heterocycles. The van der Waals surface area contributed by atoms with E-state index in [4.69, 9.17) is 13.9 Å². The van der Waals surface area contributed by atoms with Gasteiger partial charge >= 0.3 is 5.97 Å². The zero-order chi connectivity index (χ0) is 19.4. The van der Waals surface area contributed by atoms with Gasteiger partial charge in [0.15, 0.2) is 6.10 Å². The van der Waals surface area contributed by atoms with Gasteiger partial charge in [0.25, 0.3) is 11.6 Å². The predicted molar refractivity (Wildman–Crippen MR) is 93.2 cm³/mol. The maximum absolute atomic E-state index is 12.3. The molecule has 0 bridgehead atoms. The van der Waals surface area contributed by atoms with Gasteiger partial charge in [0.2, 0.25) is 5.89 Å². The van der Waals surface area contributed by atoms with Gasteiger partial charge in [-0.15, -0.1) is 10.2 Å². The number of nitro groups is 1. The van der Waals surface area contributed by atoms with Crippen molar-refractivity contribution in [1.29, 1.82) is 0 Å². The summed E-state index contributed by atoms with van der Waals surface area (Å²) in [4.78, 5) is 22.5. The maximum Gasteiger partial charge on any atom is 0.342 e. The summed E-state index contributed by atoms with van der Waals surface area (Å²) in [5.74, 6) is 0.0773. The predicted octanol–water partition coefficient (Wildman–Crippen LogP) is 3.57. The number of rotatable bonds is 6. The van der Waals surface area contributed by atoms with Crippen molar-refractivity contribution in [3.8, 4) is 17.2 Å². The minimum Gasteiger partial charge on any atom is -0.496 e. The molecule has 1 aromatic heterocycles. The molecule has 2 aromatic carbocycles. The first-order valence-electron chi connectivity index (χ1n) is 7.92. The molecule has 1 heterocycles. The molecule has 3 rings (SSSR count). The first kappa shape index (κ1) is 18.1. The van der Waals surface area contributed by atoms with Gasteiger partial charge in [-0.2, -0.15) is 0 Å². The summed E-state index contributed by atoms with van der Waals surface area (Å²) in [6, 6.07) is 12.4. The van der Waals surface area contributed by atoms with Crippen molar-refractivity contribution in [2.75, 3.05) is 7.11 Å². The van der Waals surface area contributed by atoms with Crippen LogP contribution in [-0.2, 0) is 4.74 Å². The highest BCUT2D eigenvalue weighted by Gasteiger charge is 2.22. The van der Waals surface area contributed by atoms with Crippen LogP contribution in [0.25, 0.3) is 11.5 Å². The summed E-state index contributed by atoms with van der Waals surface area (Å²) in [6.07, 6.45) is -0.790. The molecule has 0 N–H and O–H groups in total. The van der Waals surface area contributed by atoms with Gasteiger partial charge in [-0.05, 0) is 31.2 Å². The van der Waals surface area contributed by atoms with Crippen molar-refractivity contribution in [2.24, 2.45) is 0 Å². The number of esters is 1. The third-order valence-electron chi connectivity index (χ3n) is 3.72. The van der Waals surface area contributed by atoms with E-state index in [9.17, 15) is 14.9 Å². The summed E-state index contributed by atoms with van der Waals surface area (Å²) >= 11 is 0. The second-order valence-corrected chi connectivity index (χ2v) is 5.50. The number of hydrogen-bond acceptors (Lipinski definition) is 8. The Bertz CT molecular complexity index is 967. The third-order valence-corrected chi connectivity index (χ3v) is 3.72. The second-order valence-electron chi connectivity index (χ2n) is 5.50. The van der Waals surface area contributed by atoms with Crippen LogP contribution < -0.4 is 4.74 Å². The topological polar surface area (TPSA) is 118 Å². The Labute approximate surface area is 153 Å². The van der Waals surface area contributed by atoms with Crippen LogP contribution >= 0.6 is 0 Å². The van der Waals surface area contributed by atoms with Crippen molar-refractivity contribution < 1.29 is 23.6 Å². The zero-order valence-electron chi connectivity index (χ0n) is 14.5. The van der Waals surface area contributed by atoms with E-state index in [1.54, 1.807) is 31.2 Å². The van der Waals surface area contributed by atoms with Gasteiger partial charge in [-0.25, -0.2) is 4.79 Å². The minimum absolute atomic E-state index is 0.0439. The van der Waals surface area contributed by atoms with Crippen LogP contribution in [0.4, 0.5) is 5.69 Å². The maximum atomic E-state index is 12.3. The quantitative estimate of drug-likeness (QED) is 0.368. The largest absolute Gasteiger partial charge is 0.496 e. The fraction of sp³-hybridized carbons (Fsp3) is 0.167. The molecule has 138 valence electrons. The van der Waals surface area contributed by atoms with E-state index in [2.05, 4.69) is 10.2 Å². The number of carbonyl (C=O) groups is 1. The molecule has 0 amide bonds.